The van der Waals surface area contributed by atoms with Crippen molar-refractivity contribution in [2.24, 2.45) is 0 Å². The number of aromatic nitrogens is 3. The van der Waals surface area contributed by atoms with E-state index in [-0.39, 0.29) is 11.5 Å². The Bertz CT molecular complexity index is 1280. The van der Waals surface area contributed by atoms with Gasteiger partial charge in [-0.2, -0.15) is 0 Å². The highest BCUT2D eigenvalue weighted by molar-refractivity contribution is 6.33. The highest BCUT2D eigenvalue weighted by atomic mass is 35.5. The van der Waals surface area contributed by atoms with Crippen molar-refractivity contribution < 1.29 is 9.59 Å². The van der Waals surface area contributed by atoms with Crippen LogP contribution in [0.3, 0.4) is 0 Å². The zero-order valence-corrected chi connectivity index (χ0v) is 16.2. The summed E-state index contributed by atoms with van der Waals surface area (Å²) < 4.78 is 0. The van der Waals surface area contributed by atoms with E-state index in [1.807, 2.05) is 24.3 Å². The van der Waals surface area contributed by atoms with Gasteiger partial charge < -0.3 is 5.73 Å². The van der Waals surface area contributed by atoms with Crippen LogP contribution in [-0.4, -0.2) is 26.8 Å². The number of nitrogen functional groups attached to an aromatic ring is 1. The summed E-state index contributed by atoms with van der Waals surface area (Å²) in [5.74, 6) is -1.25. The van der Waals surface area contributed by atoms with Crippen LogP contribution in [0.4, 0.5) is 5.82 Å². The highest BCUT2D eigenvalue weighted by Crippen LogP contribution is 2.29. The van der Waals surface area contributed by atoms with Gasteiger partial charge in [0.2, 0.25) is 0 Å². The molecule has 8 nitrogen and oxygen atoms in total. The molecule has 0 aliphatic rings. The molecular weight excluding hydrogens is 404 g/mol. The molecular formula is C21H15ClN6O2. The van der Waals surface area contributed by atoms with E-state index in [9.17, 15) is 9.59 Å². The van der Waals surface area contributed by atoms with E-state index in [1.54, 1.807) is 30.3 Å². The van der Waals surface area contributed by atoms with Crippen molar-refractivity contribution >= 4 is 40.1 Å². The van der Waals surface area contributed by atoms with Gasteiger partial charge in [-0.25, -0.2) is 15.0 Å². The molecule has 2 aromatic heterocycles. The zero-order chi connectivity index (χ0) is 21.1. The number of nitrogens with two attached hydrogens (primary N) is 1. The van der Waals surface area contributed by atoms with Crippen LogP contribution >= 0.6 is 11.6 Å². The number of hydrazine groups is 1. The third kappa shape index (κ3) is 3.76. The minimum absolute atomic E-state index is 0.0420. The van der Waals surface area contributed by atoms with Gasteiger partial charge in [0.1, 0.15) is 0 Å². The van der Waals surface area contributed by atoms with Gasteiger partial charge in [-0.1, -0.05) is 48.0 Å². The third-order valence-corrected chi connectivity index (χ3v) is 4.67. The lowest BCUT2D eigenvalue weighted by molar-refractivity contribution is 0.0845. The van der Waals surface area contributed by atoms with Crippen molar-refractivity contribution in [3.05, 3.63) is 83.3 Å². The first kappa shape index (κ1) is 19.3. The minimum Gasteiger partial charge on any atom is -0.382 e. The molecule has 2 heterocycles. The van der Waals surface area contributed by atoms with Crippen molar-refractivity contribution in [3.8, 4) is 11.3 Å². The number of para-hydroxylation sites is 1. The van der Waals surface area contributed by atoms with Crippen molar-refractivity contribution in [3.63, 3.8) is 0 Å². The van der Waals surface area contributed by atoms with Gasteiger partial charge in [0, 0.05) is 28.4 Å². The van der Waals surface area contributed by atoms with Gasteiger partial charge in [0.25, 0.3) is 11.8 Å². The number of halogens is 1. The maximum absolute atomic E-state index is 12.9. The smallest absolute Gasteiger partial charge is 0.292 e. The van der Waals surface area contributed by atoms with Crippen LogP contribution < -0.4 is 16.6 Å². The monoisotopic (exact) mass is 418 g/mol. The molecule has 30 heavy (non-hydrogen) atoms. The quantitative estimate of drug-likeness (QED) is 0.439. The summed E-state index contributed by atoms with van der Waals surface area (Å²) in [6.45, 7) is 0. The van der Waals surface area contributed by atoms with Crippen LogP contribution in [0, 0.1) is 0 Å². The Labute approximate surface area is 176 Å². The van der Waals surface area contributed by atoms with Gasteiger partial charge in [-0.05, 0) is 18.2 Å². The summed E-state index contributed by atoms with van der Waals surface area (Å²) in [4.78, 5) is 37.4. The molecule has 0 saturated heterocycles. The second kappa shape index (κ2) is 8.14. The number of carbonyl (C=O) groups excluding carboxylic acids is 2. The molecule has 0 saturated carbocycles. The molecule has 4 N–H and O–H groups in total. The van der Waals surface area contributed by atoms with E-state index in [1.165, 1.54) is 12.4 Å². The number of nitrogens with one attached hydrogen (secondary N) is 2. The van der Waals surface area contributed by atoms with Crippen molar-refractivity contribution in [2.75, 3.05) is 5.73 Å². The van der Waals surface area contributed by atoms with Crippen LogP contribution in [0.1, 0.15) is 20.8 Å². The number of rotatable bonds is 3. The maximum atomic E-state index is 12.9. The van der Waals surface area contributed by atoms with E-state index in [2.05, 4.69) is 25.8 Å². The number of benzene rings is 2. The third-order valence-electron chi connectivity index (χ3n) is 4.34. The van der Waals surface area contributed by atoms with Gasteiger partial charge in [0.15, 0.2) is 11.5 Å². The van der Waals surface area contributed by atoms with Crippen molar-refractivity contribution in [2.45, 2.75) is 0 Å². The van der Waals surface area contributed by atoms with E-state index < -0.39 is 11.8 Å². The molecule has 0 aliphatic heterocycles. The number of nitrogens with zero attached hydrogens (tertiary/aromatic N) is 3. The Hall–Kier alpha value is -4.04. The van der Waals surface area contributed by atoms with Crippen LogP contribution in [0.15, 0.2) is 67.0 Å². The molecule has 148 valence electrons. The number of pyridine rings is 1. The summed E-state index contributed by atoms with van der Waals surface area (Å²) in [5, 5.41) is 1.14. The Balaban J connectivity index is 1.67. The number of carbonyl (C=O) groups is 2. The second-order valence-electron chi connectivity index (χ2n) is 6.25. The molecule has 0 fully saturated rings. The van der Waals surface area contributed by atoms with Crippen LogP contribution in [0.25, 0.3) is 22.2 Å². The molecule has 4 aromatic rings. The molecule has 0 spiro atoms. The number of anilines is 1. The number of amides is 2. The van der Waals surface area contributed by atoms with Crippen molar-refractivity contribution in [1.82, 2.24) is 25.8 Å². The average Bonchev–Trinajstić information content (AvgIpc) is 2.77. The fraction of sp³-hybridized carbons (Fsp3) is 0. The average molecular weight is 419 g/mol. The van der Waals surface area contributed by atoms with E-state index in [0.29, 0.717) is 32.7 Å². The summed E-state index contributed by atoms with van der Waals surface area (Å²) in [7, 11) is 0. The number of hydrogen-bond acceptors (Lipinski definition) is 6. The molecule has 0 unspecified atom stereocenters. The summed E-state index contributed by atoms with van der Waals surface area (Å²) in [5.41, 5.74) is 12.4. The topological polar surface area (TPSA) is 123 Å². The molecule has 4 rings (SSSR count). The first-order chi connectivity index (χ1) is 14.5. The Morgan fingerprint density at radius 2 is 1.60 bits per heavy atom. The fourth-order valence-corrected chi connectivity index (χ4v) is 3.17. The first-order valence-electron chi connectivity index (χ1n) is 8.86. The van der Waals surface area contributed by atoms with Crippen LogP contribution in [0.2, 0.25) is 5.02 Å². The Morgan fingerprint density at radius 3 is 2.40 bits per heavy atom. The maximum Gasteiger partial charge on any atom is 0.292 e. The van der Waals surface area contributed by atoms with Crippen molar-refractivity contribution in [1.29, 1.82) is 0 Å². The fourth-order valence-electron chi connectivity index (χ4n) is 2.93. The number of fused-ring (bicyclic) bond motifs is 1. The number of hydrogen-bond donors (Lipinski definition) is 3. The van der Waals surface area contributed by atoms with E-state index >= 15 is 0 Å². The summed E-state index contributed by atoms with van der Waals surface area (Å²) in [6.07, 6.45) is 2.70. The summed E-state index contributed by atoms with van der Waals surface area (Å²) >= 11 is 6.30. The SMILES string of the molecule is Nc1nccnc1C(=O)NNC(=O)c1cc(-c2ccccc2Cl)nc2ccccc12. The summed E-state index contributed by atoms with van der Waals surface area (Å²) in [6, 6.07) is 16.0. The lowest BCUT2D eigenvalue weighted by Crippen LogP contribution is -2.42. The van der Waals surface area contributed by atoms with Crippen LogP contribution in [0.5, 0.6) is 0 Å². The second-order valence-corrected chi connectivity index (χ2v) is 6.66. The lowest BCUT2D eigenvalue weighted by atomic mass is 10.0. The molecule has 0 aliphatic carbocycles. The molecule has 0 radical (unpaired) electrons. The van der Waals surface area contributed by atoms with Gasteiger partial charge >= 0.3 is 0 Å². The lowest BCUT2D eigenvalue weighted by Gasteiger charge is -2.12. The molecule has 2 amide bonds. The van der Waals surface area contributed by atoms with Crippen LogP contribution in [-0.2, 0) is 0 Å². The Morgan fingerprint density at radius 1 is 0.900 bits per heavy atom. The van der Waals surface area contributed by atoms with E-state index in [0.717, 1.165) is 0 Å². The van der Waals surface area contributed by atoms with Gasteiger partial charge in [-0.15, -0.1) is 0 Å². The molecule has 0 bridgehead atoms. The van der Waals surface area contributed by atoms with Gasteiger partial charge in [-0.3, -0.25) is 20.4 Å². The normalized spacial score (nSPS) is 10.6. The first-order valence-corrected chi connectivity index (χ1v) is 9.24. The predicted molar refractivity (Wildman–Crippen MR) is 114 cm³/mol. The standard InChI is InChI=1S/C21H15ClN6O2/c22-15-7-3-1-6-13(15)17-11-14(12-5-2-4-8-16(12)26-17)20(29)27-28-21(30)18-19(23)25-10-9-24-18/h1-11H,(H2,23,25)(H,27,29)(H,28,30). The van der Waals surface area contributed by atoms with Gasteiger partial charge in [0.05, 0.1) is 16.8 Å². The zero-order valence-electron chi connectivity index (χ0n) is 15.5. The molecule has 2 aromatic carbocycles. The van der Waals surface area contributed by atoms with E-state index in [4.69, 9.17) is 17.3 Å². The predicted octanol–water partition coefficient (Wildman–Crippen LogP) is 3.00. The molecule has 0 atom stereocenters. The minimum atomic E-state index is -0.682. The Kier molecular flexibility index (Phi) is 5.23. The largest absolute Gasteiger partial charge is 0.382 e. The molecule has 9 heteroatoms. The highest BCUT2D eigenvalue weighted by Gasteiger charge is 2.17.